The molecule has 0 spiro atoms. The fourth-order valence-electron chi connectivity index (χ4n) is 4.19. The molecular formula is C21H20F3N3O4. The zero-order valence-corrected chi connectivity index (χ0v) is 16.6. The summed E-state index contributed by atoms with van der Waals surface area (Å²) in [6.45, 7) is -1.56. The Morgan fingerprint density at radius 2 is 1.77 bits per heavy atom. The van der Waals surface area contributed by atoms with Gasteiger partial charge in [-0.2, -0.15) is 8.78 Å². The van der Waals surface area contributed by atoms with Gasteiger partial charge in [-0.1, -0.05) is 6.07 Å². The SMILES string of the molecule is Cc1ccc(OCC(=O)NC23CC(NC(=O)c4ccc(OC(F)F)cn4)(C2)C3)cc1F. The van der Waals surface area contributed by atoms with Gasteiger partial charge in [0.05, 0.1) is 6.20 Å². The van der Waals surface area contributed by atoms with Gasteiger partial charge in [0.15, 0.2) is 6.61 Å². The molecule has 2 bridgehead atoms. The number of pyridine rings is 1. The first kappa shape index (κ1) is 21.0. The normalized spacial score (nSPS) is 23.4. The van der Waals surface area contributed by atoms with Crippen LogP contribution in [-0.2, 0) is 4.79 Å². The molecule has 0 saturated heterocycles. The first-order valence-electron chi connectivity index (χ1n) is 9.61. The molecule has 3 aliphatic rings. The highest BCUT2D eigenvalue weighted by molar-refractivity contribution is 5.93. The lowest BCUT2D eigenvalue weighted by Crippen LogP contribution is -2.84. The van der Waals surface area contributed by atoms with Crippen molar-refractivity contribution in [3.8, 4) is 11.5 Å². The summed E-state index contributed by atoms with van der Waals surface area (Å²) in [4.78, 5) is 28.4. The number of rotatable bonds is 8. The lowest BCUT2D eigenvalue weighted by Gasteiger charge is -2.70. The molecule has 31 heavy (non-hydrogen) atoms. The van der Waals surface area contributed by atoms with Crippen LogP contribution in [0.4, 0.5) is 13.2 Å². The molecule has 164 valence electrons. The van der Waals surface area contributed by atoms with Crippen molar-refractivity contribution in [2.45, 2.75) is 43.9 Å². The molecule has 3 aliphatic carbocycles. The monoisotopic (exact) mass is 435 g/mol. The standard InChI is InChI=1S/C21H20F3N3O4/c1-12-2-3-13(6-15(12)22)30-8-17(28)26-20-9-21(10-20,11-20)27-18(29)16-5-4-14(7-25-16)31-19(23)24/h2-7,19H,8-11H2,1H3,(H,26,28)(H,27,29). The van der Waals surface area contributed by atoms with Crippen molar-refractivity contribution in [3.05, 3.63) is 53.6 Å². The number of aromatic nitrogens is 1. The zero-order chi connectivity index (χ0) is 22.2. The Balaban J connectivity index is 1.22. The maximum Gasteiger partial charge on any atom is 0.387 e. The number of ether oxygens (including phenoxy) is 2. The number of amides is 2. The molecule has 2 aromatic rings. The first-order valence-corrected chi connectivity index (χ1v) is 9.61. The van der Waals surface area contributed by atoms with E-state index in [2.05, 4.69) is 20.4 Å². The van der Waals surface area contributed by atoms with E-state index >= 15 is 0 Å². The minimum absolute atomic E-state index is 0.0863. The summed E-state index contributed by atoms with van der Waals surface area (Å²) in [6.07, 6.45) is 2.78. The predicted molar refractivity (Wildman–Crippen MR) is 102 cm³/mol. The van der Waals surface area contributed by atoms with E-state index in [-0.39, 0.29) is 35.2 Å². The van der Waals surface area contributed by atoms with Gasteiger partial charge in [0.2, 0.25) is 0 Å². The molecule has 1 aromatic heterocycles. The Kier molecular flexibility index (Phi) is 5.24. The van der Waals surface area contributed by atoms with E-state index in [1.165, 1.54) is 18.2 Å². The van der Waals surface area contributed by atoms with Crippen LogP contribution >= 0.6 is 0 Å². The van der Waals surface area contributed by atoms with Crippen molar-refractivity contribution in [2.24, 2.45) is 0 Å². The van der Waals surface area contributed by atoms with E-state index in [1.807, 2.05) is 0 Å². The van der Waals surface area contributed by atoms with Gasteiger partial charge in [-0.15, -0.1) is 0 Å². The number of benzene rings is 1. The second-order valence-electron chi connectivity index (χ2n) is 8.05. The van der Waals surface area contributed by atoms with Gasteiger partial charge in [0, 0.05) is 17.1 Å². The van der Waals surface area contributed by atoms with E-state index in [9.17, 15) is 22.8 Å². The van der Waals surface area contributed by atoms with Crippen molar-refractivity contribution in [1.29, 1.82) is 0 Å². The largest absolute Gasteiger partial charge is 0.484 e. The van der Waals surface area contributed by atoms with Crippen LogP contribution < -0.4 is 20.1 Å². The number of hydrogen-bond donors (Lipinski definition) is 2. The quantitative estimate of drug-likeness (QED) is 0.666. The Bertz CT molecular complexity index is 994. The summed E-state index contributed by atoms with van der Waals surface area (Å²) >= 11 is 0. The average Bonchev–Trinajstić information content (AvgIpc) is 2.66. The fourth-order valence-corrected chi connectivity index (χ4v) is 4.19. The fraction of sp³-hybridized carbons (Fsp3) is 0.381. The molecule has 5 rings (SSSR count). The number of nitrogens with one attached hydrogen (secondary N) is 2. The molecule has 7 nitrogen and oxygen atoms in total. The Labute approximate surface area is 175 Å². The van der Waals surface area contributed by atoms with Gasteiger partial charge >= 0.3 is 6.61 Å². The minimum Gasteiger partial charge on any atom is -0.484 e. The van der Waals surface area contributed by atoms with Crippen LogP contribution in [0.1, 0.15) is 35.3 Å². The van der Waals surface area contributed by atoms with Crippen LogP contribution in [-0.4, -0.2) is 41.1 Å². The maximum atomic E-state index is 13.5. The lowest BCUT2D eigenvalue weighted by molar-refractivity contribution is -0.141. The average molecular weight is 435 g/mol. The molecule has 3 saturated carbocycles. The van der Waals surface area contributed by atoms with Crippen LogP contribution in [0.3, 0.4) is 0 Å². The molecule has 1 heterocycles. The van der Waals surface area contributed by atoms with Crippen molar-refractivity contribution in [3.63, 3.8) is 0 Å². The molecule has 0 radical (unpaired) electrons. The number of carbonyl (C=O) groups excluding carboxylic acids is 2. The summed E-state index contributed by atoms with van der Waals surface area (Å²) in [7, 11) is 0. The third-order valence-electron chi connectivity index (χ3n) is 5.52. The van der Waals surface area contributed by atoms with E-state index < -0.39 is 23.9 Å². The van der Waals surface area contributed by atoms with Gasteiger partial charge < -0.3 is 20.1 Å². The maximum absolute atomic E-state index is 13.5. The summed E-state index contributed by atoms with van der Waals surface area (Å²) in [5.74, 6) is -1.00. The van der Waals surface area contributed by atoms with Crippen molar-refractivity contribution < 1.29 is 32.2 Å². The van der Waals surface area contributed by atoms with Crippen molar-refractivity contribution in [2.75, 3.05) is 6.61 Å². The first-order chi connectivity index (χ1) is 14.7. The summed E-state index contributed by atoms with van der Waals surface area (Å²) in [6, 6.07) is 6.95. The number of alkyl halides is 2. The van der Waals surface area contributed by atoms with Crippen LogP contribution in [0.5, 0.6) is 11.5 Å². The lowest BCUT2D eigenvalue weighted by atomic mass is 9.44. The van der Waals surface area contributed by atoms with E-state index in [0.29, 0.717) is 24.8 Å². The molecule has 0 unspecified atom stereocenters. The van der Waals surface area contributed by atoms with Gasteiger partial charge in [-0.05, 0) is 49.9 Å². The van der Waals surface area contributed by atoms with Crippen LogP contribution in [0.25, 0.3) is 0 Å². The van der Waals surface area contributed by atoms with Gasteiger partial charge in [0.25, 0.3) is 11.8 Å². The summed E-state index contributed by atoms with van der Waals surface area (Å²) < 4.78 is 47.4. The number of nitrogens with zero attached hydrogens (tertiary/aromatic N) is 1. The zero-order valence-electron chi connectivity index (χ0n) is 16.6. The van der Waals surface area contributed by atoms with Crippen molar-refractivity contribution >= 4 is 11.8 Å². The highest BCUT2D eigenvalue weighted by atomic mass is 19.3. The van der Waals surface area contributed by atoms with Crippen LogP contribution in [0.2, 0.25) is 0 Å². The second-order valence-corrected chi connectivity index (χ2v) is 8.05. The molecule has 2 N–H and O–H groups in total. The topological polar surface area (TPSA) is 89.6 Å². The van der Waals surface area contributed by atoms with Crippen molar-refractivity contribution in [1.82, 2.24) is 15.6 Å². The highest BCUT2D eigenvalue weighted by Crippen LogP contribution is 2.60. The Hall–Kier alpha value is -3.30. The number of carbonyl (C=O) groups is 2. The van der Waals surface area contributed by atoms with Crippen LogP contribution in [0.15, 0.2) is 36.5 Å². The smallest absolute Gasteiger partial charge is 0.387 e. The minimum atomic E-state index is -2.96. The molecule has 3 fully saturated rings. The molecule has 10 heteroatoms. The van der Waals surface area contributed by atoms with Gasteiger partial charge in [0.1, 0.15) is 23.0 Å². The number of aryl methyl sites for hydroxylation is 1. The van der Waals surface area contributed by atoms with E-state index in [1.54, 1.807) is 19.1 Å². The van der Waals surface area contributed by atoms with E-state index in [4.69, 9.17) is 4.74 Å². The molecule has 0 atom stereocenters. The predicted octanol–water partition coefficient (Wildman–Crippen LogP) is 2.73. The Morgan fingerprint density at radius 3 is 2.39 bits per heavy atom. The Morgan fingerprint density at radius 1 is 1.10 bits per heavy atom. The highest BCUT2D eigenvalue weighted by Gasteiger charge is 2.69. The van der Waals surface area contributed by atoms with Gasteiger partial charge in [-0.3, -0.25) is 9.59 Å². The second kappa shape index (κ2) is 7.75. The van der Waals surface area contributed by atoms with Crippen LogP contribution in [0, 0.1) is 12.7 Å². The number of hydrogen-bond acceptors (Lipinski definition) is 5. The third kappa shape index (κ3) is 4.42. The molecular weight excluding hydrogens is 415 g/mol. The molecule has 2 amide bonds. The van der Waals surface area contributed by atoms with Gasteiger partial charge in [-0.25, -0.2) is 9.37 Å². The van der Waals surface area contributed by atoms with E-state index in [0.717, 1.165) is 6.20 Å². The summed E-state index contributed by atoms with van der Waals surface area (Å²) in [5.41, 5.74) is -0.214. The molecule has 1 aromatic carbocycles. The summed E-state index contributed by atoms with van der Waals surface area (Å²) in [5, 5.41) is 5.79. The number of halogens is 3. The molecule has 0 aliphatic heterocycles. The third-order valence-corrected chi connectivity index (χ3v) is 5.52.